The van der Waals surface area contributed by atoms with Crippen LogP contribution < -0.4 is 9.64 Å². The lowest BCUT2D eigenvalue weighted by molar-refractivity contribution is -0.138. The van der Waals surface area contributed by atoms with Crippen LogP contribution in [0.5, 0.6) is 5.75 Å². The van der Waals surface area contributed by atoms with E-state index >= 15 is 0 Å². The van der Waals surface area contributed by atoms with Gasteiger partial charge in [0.05, 0.1) is 18.6 Å². The predicted octanol–water partition coefficient (Wildman–Crippen LogP) is 5.95. The summed E-state index contributed by atoms with van der Waals surface area (Å²) in [5, 5.41) is 12.0. The van der Waals surface area contributed by atoms with Crippen LogP contribution in [0.1, 0.15) is 29.6 Å². The summed E-state index contributed by atoms with van der Waals surface area (Å²) >= 11 is 6.45. The maximum atomic E-state index is 12.9. The fourth-order valence-corrected chi connectivity index (χ4v) is 4.62. The first-order valence-electron chi connectivity index (χ1n) is 10.9. The van der Waals surface area contributed by atoms with Gasteiger partial charge in [0.2, 0.25) is 0 Å². The molecule has 2 atom stereocenters. The van der Waals surface area contributed by atoms with Crippen molar-refractivity contribution in [1.82, 2.24) is 0 Å². The van der Waals surface area contributed by atoms with Gasteiger partial charge in [0.15, 0.2) is 5.78 Å². The Kier molecular flexibility index (Phi) is 5.30. The summed E-state index contributed by atoms with van der Waals surface area (Å²) < 4.78 is 5.58. The minimum absolute atomic E-state index is 0.161. The van der Waals surface area contributed by atoms with Gasteiger partial charge in [0.25, 0.3) is 0 Å². The Morgan fingerprint density at radius 2 is 1.81 bits per heavy atom. The zero-order chi connectivity index (χ0) is 22.4. The van der Waals surface area contributed by atoms with Crippen molar-refractivity contribution in [3.8, 4) is 5.75 Å². The molecule has 0 heterocycles. The van der Waals surface area contributed by atoms with Crippen molar-refractivity contribution >= 4 is 45.5 Å². The summed E-state index contributed by atoms with van der Waals surface area (Å²) in [6, 6.07) is 17.6. The number of halogens is 1. The van der Waals surface area contributed by atoms with Crippen LogP contribution in [-0.4, -0.2) is 30.5 Å². The molecule has 32 heavy (non-hydrogen) atoms. The molecular formula is C26H24ClNO4. The van der Waals surface area contributed by atoms with Gasteiger partial charge in [-0.1, -0.05) is 35.9 Å². The van der Waals surface area contributed by atoms with Crippen molar-refractivity contribution < 1.29 is 19.4 Å². The molecule has 0 bridgehead atoms. The summed E-state index contributed by atoms with van der Waals surface area (Å²) in [5.41, 5.74) is 2.44. The third-order valence-corrected chi connectivity index (χ3v) is 6.81. The number of carbonyl (C=O) groups is 2. The lowest BCUT2D eigenvalue weighted by Gasteiger charge is -2.27. The summed E-state index contributed by atoms with van der Waals surface area (Å²) in [7, 11) is 1.54. The molecular weight excluding hydrogens is 426 g/mol. The zero-order valence-corrected chi connectivity index (χ0v) is 18.5. The molecule has 3 aromatic rings. The van der Waals surface area contributed by atoms with Crippen LogP contribution in [0.15, 0.2) is 54.6 Å². The molecule has 2 unspecified atom stereocenters. The number of ether oxygens (including phenoxy) is 1. The Labute approximate surface area is 191 Å². The van der Waals surface area contributed by atoms with Crippen LogP contribution in [0.3, 0.4) is 0 Å². The molecule has 5 rings (SSSR count). The smallest absolute Gasteiger partial charge is 0.307 e. The number of carboxylic acids is 1. The second-order valence-electron chi connectivity index (χ2n) is 8.70. The molecule has 0 aromatic heterocycles. The molecule has 5 nitrogen and oxygen atoms in total. The number of fused-ring (bicyclic) bond motifs is 1. The van der Waals surface area contributed by atoms with Crippen molar-refractivity contribution in [2.75, 3.05) is 18.6 Å². The largest absolute Gasteiger partial charge is 0.496 e. The van der Waals surface area contributed by atoms with Gasteiger partial charge in [0.1, 0.15) is 5.75 Å². The molecule has 0 saturated heterocycles. The van der Waals surface area contributed by atoms with Gasteiger partial charge in [0, 0.05) is 45.7 Å². The Bertz CT molecular complexity index is 1220. The molecule has 6 heteroatoms. The van der Waals surface area contributed by atoms with E-state index in [1.54, 1.807) is 13.2 Å². The molecule has 2 fully saturated rings. The minimum atomic E-state index is -0.913. The molecule has 0 spiro atoms. The maximum absolute atomic E-state index is 12.9. The van der Waals surface area contributed by atoms with Crippen molar-refractivity contribution in [2.24, 2.45) is 17.8 Å². The minimum Gasteiger partial charge on any atom is -0.496 e. The van der Waals surface area contributed by atoms with Crippen LogP contribution in [0.2, 0.25) is 5.02 Å². The Morgan fingerprint density at radius 3 is 2.47 bits per heavy atom. The van der Waals surface area contributed by atoms with Crippen molar-refractivity contribution in [2.45, 2.75) is 19.3 Å². The first-order chi connectivity index (χ1) is 15.5. The normalized spacial score (nSPS) is 19.6. The number of rotatable bonds is 8. The molecule has 0 aliphatic heterocycles. The van der Waals surface area contributed by atoms with Gasteiger partial charge in [-0.15, -0.1) is 0 Å². The third kappa shape index (κ3) is 3.82. The summed E-state index contributed by atoms with van der Waals surface area (Å²) in [6.07, 6.45) is 2.80. The number of benzene rings is 3. The van der Waals surface area contributed by atoms with Crippen molar-refractivity contribution in [1.29, 1.82) is 0 Å². The Balaban J connectivity index is 1.54. The Hall–Kier alpha value is -3.05. The van der Waals surface area contributed by atoms with E-state index in [1.165, 1.54) is 12.8 Å². The topological polar surface area (TPSA) is 66.8 Å². The number of hydrogen-bond acceptors (Lipinski definition) is 4. The quantitative estimate of drug-likeness (QED) is 0.430. The average molecular weight is 450 g/mol. The standard InChI is InChI=1S/C26H24ClNO4/c1-32-24-12-16(8-9-19(24)25(29)20-13-21(20)26(30)31)28(14-15-6-7-15)23-11-10-22(27)17-4-2-3-5-18(17)23/h2-5,8-12,15,20-21H,6-7,13-14H2,1H3,(H,30,31). The summed E-state index contributed by atoms with van der Waals surface area (Å²) in [5.74, 6) is -1.02. The number of Topliss-reactive ketones (excluding diaryl/α,β-unsaturated/α-hetero) is 1. The first-order valence-corrected chi connectivity index (χ1v) is 11.3. The highest BCUT2D eigenvalue weighted by Crippen LogP contribution is 2.44. The van der Waals surface area contributed by atoms with E-state index in [9.17, 15) is 14.7 Å². The molecule has 0 radical (unpaired) electrons. The second-order valence-corrected chi connectivity index (χ2v) is 9.11. The highest BCUT2D eigenvalue weighted by atomic mass is 35.5. The number of carboxylic acid groups (broad SMARTS) is 1. The predicted molar refractivity (Wildman–Crippen MR) is 125 cm³/mol. The lowest BCUT2D eigenvalue weighted by Crippen LogP contribution is -2.20. The van der Waals surface area contributed by atoms with E-state index in [-0.39, 0.29) is 5.78 Å². The van der Waals surface area contributed by atoms with Gasteiger partial charge in [-0.25, -0.2) is 0 Å². The SMILES string of the molecule is COc1cc(N(CC2CC2)c2ccc(Cl)c3ccccc23)ccc1C(=O)C1CC1C(=O)O. The average Bonchev–Trinajstić information content (AvgIpc) is 3.72. The Morgan fingerprint density at radius 1 is 1.06 bits per heavy atom. The maximum Gasteiger partial charge on any atom is 0.307 e. The van der Waals surface area contributed by atoms with Crippen LogP contribution in [0, 0.1) is 17.8 Å². The molecule has 2 saturated carbocycles. The van der Waals surface area contributed by atoms with Crippen molar-refractivity contribution in [3.05, 3.63) is 65.2 Å². The molecule has 0 amide bonds. The van der Waals surface area contributed by atoms with E-state index in [4.69, 9.17) is 16.3 Å². The lowest BCUT2D eigenvalue weighted by atomic mass is 10.0. The van der Waals surface area contributed by atoms with Gasteiger partial charge in [-0.05, 0) is 49.4 Å². The highest BCUT2D eigenvalue weighted by molar-refractivity contribution is 6.36. The number of ketones is 1. The number of anilines is 2. The molecule has 3 aromatic carbocycles. The number of hydrogen-bond donors (Lipinski definition) is 1. The monoisotopic (exact) mass is 449 g/mol. The third-order valence-electron chi connectivity index (χ3n) is 6.48. The summed E-state index contributed by atoms with van der Waals surface area (Å²) in [6.45, 7) is 0.867. The first kappa shape index (κ1) is 20.8. The van der Waals surface area contributed by atoms with Gasteiger partial charge >= 0.3 is 5.97 Å². The molecule has 164 valence electrons. The van der Waals surface area contributed by atoms with E-state index in [0.717, 1.165) is 28.7 Å². The fourth-order valence-electron chi connectivity index (χ4n) is 4.39. The van der Waals surface area contributed by atoms with Gasteiger partial charge in [-0.2, -0.15) is 0 Å². The molecule has 1 N–H and O–H groups in total. The van der Waals surface area contributed by atoms with Crippen LogP contribution >= 0.6 is 11.6 Å². The number of nitrogens with zero attached hydrogens (tertiary/aromatic N) is 1. The van der Waals surface area contributed by atoms with E-state index < -0.39 is 17.8 Å². The number of methoxy groups -OCH3 is 1. The highest BCUT2D eigenvalue weighted by Gasteiger charge is 2.48. The second kappa shape index (κ2) is 8.14. The number of aliphatic carboxylic acids is 1. The molecule has 2 aliphatic carbocycles. The van der Waals surface area contributed by atoms with Crippen molar-refractivity contribution in [3.63, 3.8) is 0 Å². The number of carbonyl (C=O) groups excluding carboxylic acids is 1. The van der Waals surface area contributed by atoms with E-state index in [2.05, 4.69) is 11.0 Å². The van der Waals surface area contributed by atoms with Crippen LogP contribution in [-0.2, 0) is 4.79 Å². The summed E-state index contributed by atoms with van der Waals surface area (Å²) in [4.78, 5) is 26.4. The fraction of sp³-hybridized carbons (Fsp3) is 0.308. The van der Waals surface area contributed by atoms with E-state index in [0.29, 0.717) is 28.7 Å². The zero-order valence-electron chi connectivity index (χ0n) is 17.8. The van der Waals surface area contributed by atoms with E-state index in [1.807, 2.05) is 42.5 Å². The molecule has 2 aliphatic rings. The van der Waals surface area contributed by atoms with Gasteiger partial charge < -0.3 is 14.7 Å². The van der Waals surface area contributed by atoms with Gasteiger partial charge in [-0.3, -0.25) is 9.59 Å². The van der Waals surface area contributed by atoms with Crippen LogP contribution in [0.4, 0.5) is 11.4 Å². The van der Waals surface area contributed by atoms with Crippen LogP contribution in [0.25, 0.3) is 10.8 Å².